The van der Waals surface area contributed by atoms with E-state index in [1.54, 1.807) is 0 Å². The van der Waals surface area contributed by atoms with Crippen LogP contribution in [0.15, 0.2) is 0 Å². The molecule has 426 valence electrons. The number of ether oxygens (including phenoxy) is 10. The molecule has 0 radical (unpaired) electrons. The predicted molar refractivity (Wildman–Crippen MR) is 225 cm³/mol. The summed E-state index contributed by atoms with van der Waals surface area (Å²) in [6, 6.07) is -3.36. The number of carbonyl (C=O) groups excluding carboxylic acids is 2. The molecule has 0 aliphatic carbocycles. The van der Waals surface area contributed by atoms with E-state index in [-0.39, 0.29) is 0 Å². The van der Waals surface area contributed by atoms with E-state index in [2.05, 4.69) is 10.6 Å². The van der Waals surface area contributed by atoms with Crippen LogP contribution >= 0.6 is 0 Å². The quantitative estimate of drug-likeness (QED) is 0.0479. The van der Waals surface area contributed by atoms with E-state index in [1.165, 1.54) is 0 Å². The van der Waals surface area contributed by atoms with Crippen LogP contribution in [-0.4, -0.2) is 333 Å². The molecule has 0 aromatic carbocycles. The molecule has 73 heavy (non-hydrogen) atoms. The topological polar surface area (TPSA) is 535 Å². The van der Waals surface area contributed by atoms with Crippen LogP contribution in [0.1, 0.15) is 13.8 Å². The molecule has 33 heteroatoms. The zero-order valence-corrected chi connectivity index (χ0v) is 39.1. The average molecular weight is 1070 g/mol. The summed E-state index contributed by atoms with van der Waals surface area (Å²) < 4.78 is 57.1. The fourth-order valence-corrected chi connectivity index (χ4v) is 8.79. The molecule has 0 aromatic rings. The molecular formula is C40H70N2O31. The highest BCUT2D eigenvalue weighted by atomic mass is 16.8. The second-order valence-electron chi connectivity index (χ2n) is 18.0. The monoisotopic (exact) mass is 1070 g/mol. The van der Waals surface area contributed by atoms with Gasteiger partial charge in [0.25, 0.3) is 0 Å². The molecule has 21 N–H and O–H groups in total. The van der Waals surface area contributed by atoms with Crippen LogP contribution in [-0.2, 0) is 57.0 Å². The molecule has 5 saturated heterocycles. The van der Waals surface area contributed by atoms with Gasteiger partial charge >= 0.3 is 0 Å². The van der Waals surface area contributed by atoms with Crippen molar-refractivity contribution in [1.29, 1.82) is 0 Å². The molecule has 5 aliphatic heterocycles. The Morgan fingerprint density at radius 3 is 1.40 bits per heavy atom. The van der Waals surface area contributed by atoms with Gasteiger partial charge in [0, 0.05) is 13.8 Å². The largest absolute Gasteiger partial charge is 0.394 e. The highest BCUT2D eigenvalue weighted by Crippen LogP contribution is 2.35. The van der Waals surface area contributed by atoms with Gasteiger partial charge in [-0.05, 0) is 0 Å². The molecule has 0 aromatic heterocycles. The van der Waals surface area contributed by atoms with E-state index in [1.807, 2.05) is 0 Å². The lowest BCUT2D eigenvalue weighted by Gasteiger charge is -2.49. The van der Waals surface area contributed by atoms with E-state index in [4.69, 9.17) is 47.4 Å². The van der Waals surface area contributed by atoms with Crippen molar-refractivity contribution in [3.63, 3.8) is 0 Å². The van der Waals surface area contributed by atoms with E-state index in [9.17, 15) is 107 Å². The lowest BCUT2D eigenvalue weighted by atomic mass is 9.94. The maximum Gasteiger partial charge on any atom is 0.217 e. The summed E-state index contributed by atoms with van der Waals surface area (Å²) in [6.45, 7) is -4.93. The van der Waals surface area contributed by atoms with Crippen LogP contribution in [0.3, 0.4) is 0 Å². The standard InChI is InChI=1S/C40H70N2O31/c1-10(49)41-12(3-43)20(52)32(13(51)4-44)70-36-19(42-11(2)50)25(57)33(17(8-48)68-36)71-39-31(63)34(72-37-29(61)26(58)21(53)14(5-45)65-37)24(56)18(69-39)9-64-40-35(28(60)23(55)16(7-47)67-40)73-38-30(62)27(59)22(54)15(6-46)66-38/h12-40,43-48,51-63H,3-9H2,1-2H3,(H,41,49)(H,42,50)/t12-,13+,14+,15+,16+,17+,18+,19+,20+,21+,22+,23+,24+,25+,26-,27-,28-,29-,30-,31-,32+,33+,34-,35-,36-,37+,38+,39-,40-/m0/s1. The lowest BCUT2D eigenvalue weighted by Crippen LogP contribution is -2.69. The number of aliphatic hydroxyl groups is 19. The van der Waals surface area contributed by atoms with Gasteiger partial charge in [0.1, 0.15) is 140 Å². The Kier molecular flexibility index (Phi) is 23.1. The highest BCUT2D eigenvalue weighted by Gasteiger charge is 2.57. The highest BCUT2D eigenvalue weighted by molar-refractivity contribution is 5.73. The Morgan fingerprint density at radius 2 is 0.918 bits per heavy atom. The van der Waals surface area contributed by atoms with Crippen molar-refractivity contribution in [3.8, 4) is 0 Å². The molecular weight excluding hydrogens is 1000 g/mol. The summed E-state index contributed by atoms with van der Waals surface area (Å²) in [4.78, 5) is 24.3. The van der Waals surface area contributed by atoms with Gasteiger partial charge in [0.2, 0.25) is 11.8 Å². The third-order valence-electron chi connectivity index (χ3n) is 12.9. The Morgan fingerprint density at radius 1 is 0.466 bits per heavy atom. The number of hydrogen-bond donors (Lipinski definition) is 21. The Labute approximate surface area is 414 Å². The van der Waals surface area contributed by atoms with Gasteiger partial charge in [-0.2, -0.15) is 0 Å². The smallest absolute Gasteiger partial charge is 0.217 e. The summed E-state index contributed by atoms with van der Waals surface area (Å²) in [5.74, 6) is -1.62. The number of rotatable bonds is 22. The van der Waals surface area contributed by atoms with Gasteiger partial charge in [-0.15, -0.1) is 0 Å². The van der Waals surface area contributed by atoms with Gasteiger partial charge in [-0.25, -0.2) is 0 Å². The maximum absolute atomic E-state index is 12.5. The first-order valence-corrected chi connectivity index (χ1v) is 23.0. The number of hydrogen-bond acceptors (Lipinski definition) is 31. The van der Waals surface area contributed by atoms with E-state index >= 15 is 0 Å². The summed E-state index contributed by atoms with van der Waals surface area (Å²) in [6.07, 6.45) is -53.3. The number of aliphatic hydroxyl groups excluding tert-OH is 19. The molecule has 0 unspecified atom stereocenters. The number of nitrogens with one attached hydrogen (secondary N) is 2. The summed E-state index contributed by atoms with van der Waals surface area (Å²) in [5.41, 5.74) is 0. The van der Waals surface area contributed by atoms with Crippen LogP contribution in [0, 0.1) is 0 Å². The fraction of sp³-hybridized carbons (Fsp3) is 0.950. The zero-order valence-electron chi connectivity index (χ0n) is 39.1. The first-order chi connectivity index (χ1) is 34.5. The lowest BCUT2D eigenvalue weighted by molar-refractivity contribution is -0.388. The number of amides is 2. The summed E-state index contributed by atoms with van der Waals surface area (Å²) >= 11 is 0. The molecule has 2 amide bonds. The molecule has 5 fully saturated rings. The van der Waals surface area contributed by atoms with Crippen LogP contribution < -0.4 is 10.6 Å². The van der Waals surface area contributed by atoms with Crippen molar-refractivity contribution in [1.82, 2.24) is 10.6 Å². The second kappa shape index (κ2) is 27.4. The molecule has 0 saturated carbocycles. The van der Waals surface area contributed by atoms with E-state index in [0.29, 0.717) is 0 Å². The van der Waals surface area contributed by atoms with Crippen molar-refractivity contribution in [3.05, 3.63) is 0 Å². The maximum atomic E-state index is 12.5. The van der Waals surface area contributed by atoms with Crippen LogP contribution in [0.2, 0.25) is 0 Å². The predicted octanol–water partition coefficient (Wildman–Crippen LogP) is -14.2. The Hall–Kier alpha value is -2.22. The molecule has 33 nitrogen and oxygen atoms in total. The normalized spacial score (nSPS) is 45.2. The summed E-state index contributed by atoms with van der Waals surface area (Å²) in [5, 5.41) is 206. The van der Waals surface area contributed by atoms with Gasteiger partial charge in [0.15, 0.2) is 31.5 Å². The minimum absolute atomic E-state index is 0.744. The van der Waals surface area contributed by atoms with Crippen LogP contribution in [0.4, 0.5) is 0 Å². The average Bonchev–Trinajstić information content (AvgIpc) is 3.36. The van der Waals surface area contributed by atoms with Crippen LogP contribution in [0.5, 0.6) is 0 Å². The van der Waals surface area contributed by atoms with Gasteiger partial charge in [0.05, 0.1) is 52.3 Å². The van der Waals surface area contributed by atoms with Crippen molar-refractivity contribution in [2.75, 3.05) is 46.2 Å². The first kappa shape index (κ1) is 61.6. The van der Waals surface area contributed by atoms with Crippen LogP contribution in [0.25, 0.3) is 0 Å². The van der Waals surface area contributed by atoms with Crippen molar-refractivity contribution in [2.45, 2.75) is 192 Å². The zero-order chi connectivity index (χ0) is 54.3. The molecule has 5 aliphatic rings. The third kappa shape index (κ3) is 14.1. The minimum Gasteiger partial charge on any atom is -0.394 e. The minimum atomic E-state index is -2.30. The Bertz CT molecular complexity index is 1700. The molecule has 29 atom stereocenters. The van der Waals surface area contributed by atoms with Gasteiger partial charge in [-0.1, -0.05) is 0 Å². The van der Waals surface area contributed by atoms with Gasteiger partial charge in [-0.3, -0.25) is 9.59 Å². The van der Waals surface area contributed by atoms with Gasteiger partial charge < -0.3 is 155 Å². The molecule has 0 spiro atoms. The van der Waals surface area contributed by atoms with E-state index < -0.39 is 236 Å². The molecule has 5 rings (SSSR count). The summed E-state index contributed by atoms with van der Waals surface area (Å²) in [7, 11) is 0. The fourth-order valence-electron chi connectivity index (χ4n) is 8.79. The second-order valence-corrected chi connectivity index (χ2v) is 18.0. The first-order valence-electron chi connectivity index (χ1n) is 23.0. The van der Waals surface area contributed by atoms with E-state index in [0.717, 1.165) is 13.8 Å². The SMILES string of the molecule is CC(=O)N[C@H]1[C@H](O[C@@H]([C@H](O)[C@H](CO)NC(C)=O)[C@H](O)CO)O[C@H](CO)[C@@H](O[C@@H]2O[C@H](CO[C@H]3O[C@H](CO)[C@@H](O)[C@H](O)[C@@H]3O[C@H]3O[C@H](CO)[C@@H](O)[C@H](O)[C@@H]3O)[C@@H](O)[C@H](O[C@H]3O[C@H](CO)[C@@H](O)[C@H](O)[C@@H]3O)[C@@H]2O)[C@@H]1O. The van der Waals surface area contributed by atoms with Crippen molar-refractivity contribution < 1.29 is 154 Å². The molecule has 5 heterocycles. The van der Waals surface area contributed by atoms with Crippen molar-refractivity contribution >= 4 is 11.8 Å². The Balaban J connectivity index is 1.46. The molecule has 0 bridgehead atoms. The number of carbonyl (C=O) groups is 2. The van der Waals surface area contributed by atoms with Crippen molar-refractivity contribution in [2.24, 2.45) is 0 Å². The third-order valence-corrected chi connectivity index (χ3v) is 12.9.